The number of allylic oxidation sites excluding steroid dienone is 1. The number of alkyl halides is 1. The van der Waals surface area contributed by atoms with Crippen LogP contribution in [-0.2, 0) is 16.1 Å². The lowest BCUT2D eigenvalue weighted by molar-refractivity contribution is -0.138. The first-order valence-corrected chi connectivity index (χ1v) is 11.7. The van der Waals surface area contributed by atoms with Gasteiger partial charge in [0, 0.05) is 21.6 Å². The molecule has 0 spiro atoms. The molecule has 2 aromatic carbocycles. The number of esters is 1. The van der Waals surface area contributed by atoms with E-state index in [0.29, 0.717) is 34.8 Å². The molecule has 1 aromatic heterocycles. The van der Waals surface area contributed by atoms with Gasteiger partial charge in [-0.3, -0.25) is 4.99 Å². The molecule has 0 fully saturated rings. The second kappa shape index (κ2) is 10.3. The van der Waals surface area contributed by atoms with Gasteiger partial charge in [0.2, 0.25) is 5.82 Å². The number of benzene rings is 2. The Kier molecular flexibility index (Phi) is 7.20. The van der Waals surface area contributed by atoms with E-state index in [1.54, 1.807) is 17.9 Å². The minimum absolute atomic E-state index is 0.156. The maximum absolute atomic E-state index is 13.7. The number of amidine groups is 1. The Hall–Kier alpha value is -3.04. The Bertz CT molecular complexity index is 1230. The molecule has 1 aliphatic heterocycles. The van der Waals surface area contributed by atoms with Gasteiger partial charge in [-0.2, -0.15) is 0 Å². The van der Waals surface area contributed by atoms with Crippen LogP contribution in [0.4, 0.5) is 4.39 Å². The van der Waals surface area contributed by atoms with Crippen molar-refractivity contribution >= 4 is 39.3 Å². The quantitative estimate of drug-likeness (QED) is 0.360. The predicted octanol–water partition coefficient (Wildman–Crippen LogP) is 4.42. The van der Waals surface area contributed by atoms with E-state index in [-0.39, 0.29) is 17.2 Å². The van der Waals surface area contributed by atoms with E-state index in [1.807, 2.05) is 30.3 Å². The van der Waals surface area contributed by atoms with E-state index >= 15 is 0 Å². The maximum atomic E-state index is 13.7. The first kappa shape index (κ1) is 23.1. The summed E-state index contributed by atoms with van der Waals surface area (Å²) in [4.78, 5) is 21.9. The average molecular weight is 533 g/mol. The summed E-state index contributed by atoms with van der Waals surface area (Å²) in [7, 11) is 0. The lowest BCUT2D eigenvalue weighted by Gasteiger charge is -2.26. The Labute approximate surface area is 203 Å². The van der Waals surface area contributed by atoms with Crippen molar-refractivity contribution in [3.8, 4) is 0 Å². The van der Waals surface area contributed by atoms with Gasteiger partial charge >= 0.3 is 5.97 Å². The first-order chi connectivity index (χ1) is 16.0. The Morgan fingerprint density at radius 3 is 2.76 bits per heavy atom. The normalized spacial score (nSPS) is 15.8. The third kappa shape index (κ3) is 5.15. The Morgan fingerprint density at radius 2 is 2.06 bits per heavy atom. The summed E-state index contributed by atoms with van der Waals surface area (Å²) in [6.07, 6.45) is 1.62. The molecular formula is C23H20BrClFN5O2. The van der Waals surface area contributed by atoms with Crippen LogP contribution in [0.3, 0.4) is 0 Å². The highest BCUT2D eigenvalue weighted by Crippen LogP contribution is 2.36. The number of rotatable bonds is 7. The monoisotopic (exact) mass is 531 g/mol. The smallest absolute Gasteiger partial charge is 0.338 e. The summed E-state index contributed by atoms with van der Waals surface area (Å²) in [6, 6.07) is 13.0. The van der Waals surface area contributed by atoms with E-state index < -0.39 is 17.8 Å². The summed E-state index contributed by atoms with van der Waals surface area (Å²) in [5, 5.41) is 8.15. The van der Waals surface area contributed by atoms with Gasteiger partial charge in [0.1, 0.15) is 18.2 Å². The summed E-state index contributed by atoms with van der Waals surface area (Å²) >= 11 is 9.77. The van der Waals surface area contributed by atoms with E-state index in [2.05, 4.69) is 31.3 Å². The van der Waals surface area contributed by atoms with Gasteiger partial charge < -0.3 is 10.1 Å². The molecule has 1 aliphatic rings. The molecule has 2 heterocycles. The van der Waals surface area contributed by atoms with Gasteiger partial charge in [-0.1, -0.05) is 63.9 Å². The average Bonchev–Trinajstić information content (AvgIpc) is 3.27. The van der Waals surface area contributed by atoms with Gasteiger partial charge in [0.15, 0.2) is 5.84 Å². The highest BCUT2D eigenvalue weighted by molar-refractivity contribution is 9.09. The maximum Gasteiger partial charge on any atom is 0.338 e. The highest BCUT2D eigenvalue weighted by Gasteiger charge is 2.34. The number of hydrogen-bond donors (Lipinski definition) is 1. The van der Waals surface area contributed by atoms with Gasteiger partial charge in [-0.05, 0) is 24.6 Å². The molecule has 0 bridgehead atoms. The van der Waals surface area contributed by atoms with Crippen molar-refractivity contribution in [2.75, 3.05) is 11.9 Å². The summed E-state index contributed by atoms with van der Waals surface area (Å²) < 4.78 is 20.7. The molecule has 1 N–H and O–H groups in total. The third-order valence-electron chi connectivity index (χ3n) is 4.95. The van der Waals surface area contributed by atoms with Crippen molar-refractivity contribution in [3.63, 3.8) is 0 Å². The van der Waals surface area contributed by atoms with Crippen molar-refractivity contribution < 1.29 is 13.9 Å². The zero-order chi connectivity index (χ0) is 23.4. The number of nitrogens with zero attached hydrogens (tertiary/aromatic N) is 4. The Balaban J connectivity index is 1.73. The van der Waals surface area contributed by atoms with E-state index in [9.17, 15) is 9.18 Å². The second-order valence-corrected chi connectivity index (χ2v) is 8.14. The molecule has 10 heteroatoms. The number of ether oxygens (including phenoxy) is 1. The number of carbonyl (C=O) groups is 1. The summed E-state index contributed by atoms with van der Waals surface area (Å²) in [6.45, 7) is 2.47. The fourth-order valence-corrected chi connectivity index (χ4v) is 4.17. The van der Waals surface area contributed by atoms with Crippen molar-refractivity contribution in [1.82, 2.24) is 20.1 Å². The van der Waals surface area contributed by atoms with Crippen LogP contribution >= 0.6 is 27.5 Å². The molecule has 33 heavy (non-hydrogen) atoms. The molecule has 1 atom stereocenters. The van der Waals surface area contributed by atoms with Crippen molar-refractivity contribution in [1.29, 1.82) is 0 Å². The molecule has 0 saturated heterocycles. The molecule has 0 aliphatic carbocycles. The number of aliphatic imine (C=N–C) groups is 1. The zero-order valence-corrected chi connectivity index (χ0v) is 20.0. The minimum atomic E-state index is -0.818. The molecule has 4 rings (SSSR count). The molecule has 0 saturated carbocycles. The van der Waals surface area contributed by atoms with Crippen LogP contribution < -0.4 is 5.32 Å². The SMILES string of the molecule is CCOC(=O)C1=C(CBr)NC(c2ncn(Cc3ccccc3)n2)=NC1c1ccc(F)cc1Cl. The van der Waals surface area contributed by atoms with Crippen LogP contribution in [-0.4, -0.2) is 38.5 Å². The molecular weight excluding hydrogens is 513 g/mol. The third-order valence-corrected chi connectivity index (χ3v) is 5.84. The fraction of sp³-hybridized carbons (Fsp3) is 0.217. The molecule has 0 radical (unpaired) electrons. The lowest BCUT2D eigenvalue weighted by atomic mass is 9.96. The standard InChI is InChI=1S/C23H20BrClFN5O2/c1-2-33-23(32)19-18(11-24)28-22(29-20(19)16-9-8-15(26)10-17(16)25)21-27-13-31(30-21)12-14-6-4-3-5-7-14/h3-10,13,20H,2,11-12H2,1H3,(H,28,29). The minimum Gasteiger partial charge on any atom is -0.463 e. The van der Waals surface area contributed by atoms with Crippen LogP contribution in [0.5, 0.6) is 0 Å². The topological polar surface area (TPSA) is 81.4 Å². The van der Waals surface area contributed by atoms with Gasteiger partial charge in [-0.25, -0.2) is 18.9 Å². The van der Waals surface area contributed by atoms with Crippen LogP contribution in [0.25, 0.3) is 0 Å². The number of aromatic nitrogens is 3. The molecule has 7 nitrogen and oxygen atoms in total. The van der Waals surface area contributed by atoms with Crippen molar-refractivity contribution in [3.05, 3.63) is 93.9 Å². The number of hydrogen-bond acceptors (Lipinski definition) is 6. The van der Waals surface area contributed by atoms with Gasteiger partial charge in [0.05, 0.1) is 18.7 Å². The largest absolute Gasteiger partial charge is 0.463 e. The van der Waals surface area contributed by atoms with Crippen LogP contribution in [0.2, 0.25) is 5.02 Å². The second-order valence-electron chi connectivity index (χ2n) is 7.17. The van der Waals surface area contributed by atoms with E-state index in [0.717, 1.165) is 5.56 Å². The van der Waals surface area contributed by atoms with E-state index in [1.165, 1.54) is 18.2 Å². The van der Waals surface area contributed by atoms with Gasteiger partial charge in [0.25, 0.3) is 0 Å². The van der Waals surface area contributed by atoms with Crippen LogP contribution in [0.1, 0.15) is 29.9 Å². The van der Waals surface area contributed by atoms with Crippen molar-refractivity contribution in [2.24, 2.45) is 4.99 Å². The van der Waals surface area contributed by atoms with Crippen molar-refractivity contribution in [2.45, 2.75) is 19.5 Å². The molecule has 3 aromatic rings. The first-order valence-electron chi connectivity index (χ1n) is 10.2. The Morgan fingerprint density at radius 1 is 1.27 bits per heavy atom. The fourth-order valence-electron chi connectivity index (χ4n) is 3.46. The van der Waals surface area contributed by atoms with Crippen LogP contribution in [0.15, 0.2) is 71.1 Å². The molecule has 0 amide bonds. The lowest BCUT2D eigenvalue weighted by Crippen LogP contribution is -2.35. The number of nitrogens with one attached hydrogen (secondary N) is 1. The predicted molar refractivity (Wildman–Crippen MR) is 127 cm³/mol. The highest BCUT2D eigenvalue weighted by atomic mass is 79.9. The zero-order valence-electron chi connectivity index (χ0n) is 17.6. The van der Waals surface area contributed by atoms with Crippen LogP contribution in [0, 0.1) is 5.82 Å². The number of halogens is 3. The van der Waals surface area contributed by atoms with E-state index in [4.69, 9.17) is 21.3 Å². The summed E-state index contributed by atoms with van der Waals surface area (Å²) in [5.74, 6) is -0.286. The molecule has 1 unspecified atom stereocenters. The summed E-state index contributed by atoms with van der Waals surface area (Å²) in [5.41, 5.74) is 2.38. The van der Waals surface area contributed by atoms with Gasteiger partial charge in [-0.15, -0.1) is 5.10 Å². The molecule has 170 valence electrons. The number of carbonyl (C=O) groups excluding carboxylic acids is 1.